The van der Waals surface area contributed by atoms with Crippen molar-refractivity contribution in [1.29, 1.82) is 0 Å². The quantitative estimate of drug-likeness (QED) is 0.770. The number of rotatable bonds is 7. The van der Waals surface area contributed by atoms with Gasteiger partial charge in [-0.05, 0) is 48.7 Å². The van der Waals surface area contributed by atoms with E-state index >= 15 is 0 Å². The fourth-order valence-corrected chi connectivity index (χ4v) is 3.59. The van der Waals surface area contributed by atoms with Crippen molar-refractivity contribution in [3.05, 3.63) is 59.9 Å². The van der Waals surface area contributed by atoms with Gasteiger partial charge in [0.1, 0.15) is 5.82 Å². The highest BCUT2D eigenvalue weighted by molar-refractivity contribution is 7.92. The van der Waals surface area contributed by atoms with Gasteiger partial charge in [-0.25, -0.2) is 12.8 Å². The first-order valence-electron chi connectivity index (χ1n) is 8.43. The number of hydrogen-bond donors (Lipinski definition) is 2. The number of nitrogens with one attached hydrogen (secondary N) is 2. The highest BCUT2D eigenvalue weighted by atomic mass is 32.2. The molecule has 0 aliphatic heterocycles. The Bertz CT molecular complexity index is 865. The Kier molecular flexibility index (Phi) is 6.37. The van der Waals surface area contributed by atoms with E-state index in [4.69, 9.17) is 0 Å². The second-order valence-corrected chi connectivity index (χ2v) is 8.02. The van der Waals surface area contributed by atoms with Crippen molar-refractivity contribution in [2.45, 2.75) is 38.1 Å². The normalized spacial score (nSPS) is 12.7. The van der Waals surface area contributed by atoms with Crippen molar-refractivity contribution >= 4 is 21.6 Å². The topological polar surface area (TPSA) is 75.3 Å². The van der Waals surface area contributed by atoms with Gasteiger partial charge < -0.3 is 5.32 Å². The fraction of sp³-hybridized carbons (Fsp3) is 0.316. The summed E-state index contributed by atoms with van der Waals surface area (Å²) < 4.78 is 40.6. The van der Waals surface area contributed by atoms with E-state index in [-0.39, 0.29) is 22.5 Å². The Balaban J connectivity index is 2.15. The Morgan fingerprint density at radius 3 is 2.23 bits per heavy atom. The molecule has 2 aromatic carbocycles. The molecule has 2 aromatic rings. The number of carbonyl (C=O) groups excluding carboxylic acids is 1. The molecule has 0 heterocycles. The summed E-state index contributed by atoms with van der Waals surface area (Å²) in [6.45, 7) is 6.05. The largest absolute Gasteiger partial charge is 0.349 e. The molecule has 1 amide bonds. The van der Waals surface area contributed by atoms with Gasteiger partial charge in [0.15, 0.2) is 0 Å². The lowest BCUT2D eigenvalue weighted by Gasteiger charge is -2.20. The van der Waals surface area contributed by atoms with E-state index in [1.807, 2.05) is 20.8 Å². The van der Waals surface area contributed by atoms with Crippen LogP contribution in [0.4, 0.5) is 10.1 Å². The maximum Gasteiger partial charge on any atom is 0.261 e. The smallest absolute Gasteiger partial charge is 0.261 e. The summed E-state index contributed by atoms with van der Waals surface area (Å²) in [5.74, 6) is -0.614. The van der Waals surface area contributed by atoms with Gasteiger partial charge in [0.2, 0.25) is 0 Å². The molecule has 5 nitrogen and oxygen atoms in total. The first-order valence-corrected chi connectivity index (χ1v) is 9.91. The zero-order chi connectivity index (χ0) is 19.3. The molecule has 0 saturated carbocycles. The molecule has 0 saturated heterocycles. The van der Waals surface area contributed by atoms with Crippen LogP contribution in [0.1, 0.15) is 37.6 Å². The lowest BCUT2D eigenvalue weighted by atomic mass is 10.0. The molecule has 7 heteroatoms. The van der Waals surface area contributed by atoms with Crippen molar-refractivity contribution in [1.82, 2.24) is 5.32 Å². The number of halogens is 1. The Labute approximate surface area is 153 Å². The molecule has 0 fully saturated rings. The Morgan fingerprint density at radius 1 is 1.08 bits per heavy atom. The third-order valence-electron chi connectivity index (χ3n) is 4.11. The Morgan fingerprint density at radius 2 is 1.69 bits per heavy atom. The standard InChI is InChI=1S/C19H23FN2O3S/c1-4-17(13(2)3)21-19(23)14-9-11-15(12-10-14)26(24,25)22-18-8-6-5-7-16(18)20/h5-13,17,22H,4H2,1-3H3,(H,21,23). The lowest BCUT2D eigenvalue weighted by Crippen LogP contribution is -2.38. The van der Waals surface area contributed by atoms with Crippen molar-refractivity contribution in [2.75, 3.05) is 4.72 Å². The first-order chi connectivity index (χ1) is 12.2. The molecule has 2 N–H and O–H groups in total. The summed E-state index contributed by atoms with van der Waals surface area (Å²) in [5.41, 5.74) is 0.242. The molecule has 140 valence electrons. The van der Waals surface area contributed by atoms with E-state index in [0.29, 0.717) is 11.5 Å². The van der Waals surface area contributed by atoms with Gasteiger partial charge in [-0.3, -0.25) is 9.52 Å². The molecule has 26 heavy (non-hydrogen) atoms. The van der Waals surface area contributed by atoms with Crippen LogP contribution in [-0.2, 0) is 10.0 Å². The predicted octanol–water partition coefficient (Wildman–Crippen LogP) is 3.79. The zero-order valence-electron chi connectivity index (χ0n) is 15.0. The van der Waals surface area contributed by atoms with Crippen molar-refractivity contribution in [2.24, 2.45) is 5.92 Å². The minimum Gasteiger partial charge on any atom is -0.349 e. The molecule has 1 atom stereocenters. The molecule has 0 spiro atoms. The molecule has 0 aromatic heterocycles. The minimum atomic E-state index is -3.94. The molecule has 0 aliphatic rings. The molecule has 0 aliphatic carbocycles. The van der Waals surface area contributed by atoms with Crippen LogP contribution in [0.2, 0.25) is 0 Å². The highest BCUT2D eigenvalue weighted by Crippen LogP contribution is 2.19. The van der Waals surface area contributed by atoms with E-state index in [0.717, 1.165) is 6.42 Å². The van der Waals surface area contributed by atoms with Gasteiger partial charge in [0, 0.05) is 11.6 Å². The monoisotopic (exact) mass is 378 g/mol. The molecule has 0 radical (unpaired) electrons. The number of sulfonamides is 1. The number of carbonyl (C=O) groups is 1. The number of para-hydroxylation sites is 1. The lowest BCUT2D eigenvalue weighted by molar-refractivity contribution is 0.0924. The van der Waals surface area contributed by atoms with Crippen molar-refractivity contribution in [3.63, 3.8) is 0 Å². The van der Waals surface area contributed by atoms with Gasteiger partial charge in [0.05, 0.1) is 10.6 Å². The average Bonchev–Trinajstić information content (AvgIpc) is 2.61. The third kappa shape index (κ3) is 4.82. The van der Waals surface area contributed by atoms with Crippen LogP contribution < -0.4 is 10.0 Å². The number of hydrogen-bond acceptors (Lipinski definition) is 3. The molecule has 2 rings (SSSR count). The van der Waals surface area contributed by atoms with Crippen LogP contribution in [0.3, 0.4) is 0 Å². The average molecular weight is 378 g/mol. The maximum atomic E-state index is 13.6. The van der Waals surface area contributed by atoms with Gasteiger partial charge in [-0.1, -0.05) is 32.9 Å². The third-order valence-corrected chi connectivity index (χ3v) is 5.49. The Hall–Kier alpha value is -2.41. The summed E-state index contributed by atoms with van der Waals surface area (Å²) in [6.07, 6.45) is 0.808. The summed E-state index contributed by atoms with van der Waals surface area (Å²) in [4.78, 5) is 12.2. The first kappa shape index (κ1) is 19.9. The molecular weight excluding hydrogens is 355 g/mol. The second kappa shape index (κ2) is 8.31. The zero-order valence-corrected chi connectivity index (χ0v) is 15.8. The second-order valence-electron chi connectivity index (χ2n) is 6.34. The van der Waals surface area contributed by atoms with Crippen molar-refractivity contribution in [3.8, 4) is 0 Å². The summed E-state index contributed by atoms with van der Waals surface area (Å²) in [7, 11) is -3.94. The van der Waals surface area contributed by atoms with E-state index in [1.54, 1.807) is 0 Å². The van der Waals surface area contributed by atoms with Gasteiger partial charge in [-0.15, -0.1) is 0 Å². The highest BCUT2D eigenvalue weighted by Gasteiger charge is 2.18. The maximum absolute atomic E-state index is 13.6. The van der Waals surface area contributed by atoms with E-state index < -0.39 is 15.8 Å². The summed E-state index contributed by atoms with van der Waals surface area (Å²) in [5, 5.41) is 2.93. The molecular formula is C19H23FN2O3S. The SMILES string of the molecule is CCC(NC(=O)c1ccc(S(=O)(=O)Nc2ccccc2F)cc1)C(C)C. The summed E-state index contributed by atoms with van der Waals surface area (Å²) >= 11 is 0. The summed E-state index contributed by atoms with van der Waals surface area (Å²) in [6, 6.07) is 11.1. The van der Waals surface area contributed by atoms with Crippen molar-refractivity contribution < 1.29 is 17.6 Å². The van der Waals surface area contributed by atoms with E-state index in [9.17, 15) is 17.6 Å². The van der Waals surface area contributed by atoms with Gasteiger partial charge in [-0.2, -0.15) is 0 Å². The van der Waals surface area contributed by atoms with Crippen LogP contribution in [0.25, 0.3) is 0 Å². The van der Waals surface area contributed by atoms with Crippen LogP contribution in [-0.4, -0.2) is 20.4 Å². The molecule has 0 bridgehead atoms. The fourth-order valence-electron chi connectivity index (χ4n) is 2.52. The van der Waals surface area contributed by atoms with Gasteiger partial charge in [0.25, 0.3) is 15.9 Å². The molecule has 1 unspecified atom stereocenters. The number of amides is 1. The van der Waals surface area contributed by atoms with Gasteiger partial charge >= 0.3 is 0 Å². The number of benzene rings is 2. The van der Waals surface area contributed by atoms with Crippen LogP contribution in [0, 0.1) is 11.7 Å². The van der Waals surface area contributed by atoms with Crippen LogP contribution in [0.5, 0.6) is 0 Å². The predicted molar refractivity (Wildman–Crippen MR) is 100 cm³/mol. The van der Waals surface area contributed by atoms with E-state index in [2.05, 4.69) is 10.0 Å². The van der Waals surface area contributed by atoms with Crippen LogP contribution in [0.15, 0.2) is 53.4 Å². The van der Waals surface area contributed by atoms with E-state index in [1.165, 1.54) is 48.5 Å². The number of anilines is 1. The van der Waals surface area contributed by atoms with Crippen LogP contribution >= 0.6 is 0 Å². The minimum absolute atomic E-state index is 0.0480.